The molecule has 2 heterocycles. The molecular formula is C21H19F2N5. The number of anilines is 2. The molecule has 2 aromatic heterocycles. The van der Waals surface area contributed by atoms with Crippen LogP contribution < -0.4 is 11.1 Å². The minimum absolute atomic E-state index is 0.117. The molecule has 1 aromatic carbocycles. The monoisotopic (exact) mass is 379 g/mol. The number of nitrogens with zero attached hydrogens (tertiary/aromatic N) is 3. The third-order valence-electron chi connectivity index (χ3n) is 4.06. The highest BCUT2D eigenvalue weighted by molar-refractivity contribution is 5.66. The summed E-state index contributed by atoms with van der Waals surface area (Å²) in [5, 5.41) is 3.22. The van der Waals surface area contributed by atoms with Crippen molar-refractivity contribution in [3.63, 3.8) is 0 Å². The molecule has 0 amide bonds. The Morgan fingerprint density at radius 3 is 2.57 bits per heavy atom. The molecule has 0 saturated carbocycles. The number of nitrogen functional groups attached to an aromatic ring is 1. The lowest BCUT2D eigenvalue weighted by Gasteiger charge is -2.12. The van der Waals surface area contributed by atoms with E-state index in [1.54, 1.807) is 18.5 Å². The van der Waals surface area contributed by atoms with Crippen LogP contribution in [0.1, 0.15) is 18.2 Å². The van der Waals surface area contributed by atoms with Crippen molar-refractivity contribution in [2.24, 2.45) is 0 Å². The number of pyridine rings is 1. The minimum atomic E-state index is -2.93. The van der Waals surface area contributed by atoms with Crippen molar-refractivity contribution in [1.29, 1.82) is 0 Å². The van der Waals surface area contributed by atoms with Crippen LogP contribution >= 0.6 is 0 Å². The second-order valence-electron chi connectivity index (χ2n) is 6.29. The molecule has 0 aliphatic carbocycles. The molecule has 5 nitrogen and oxygen atoms in total. The lowest BCUT2D eigenvalue weighted by molar-refractivity contribution is 0.0171. The van der Waals surface area contributed by atoms with Gasteiger partial charge in [0.1, 0.15) is 0 Å². The van der Waals surface area contributed by atoms with Crippen LogP contribution in [0, 0.1) is 0 Å². The van der Waals surface area contributed by atoms with Gasteiger partial charge in [0, 0.05) is 48.7 Å². The van der Waals surface area contributed by atoms with Crippen LogP contribution in [0.25, 0.3) is 11.1 Å². The molecule has 142 valence electrons. The first-order valence-corrected chi connectivity index (χ1v) is 8.52. The molecule has 3 rings (SSSR count). The third-order valence-corrected chi connectivity index (χ3v) is 4.06. The highest BCUT2D eigenvalue weighted by Crippen LogP contribution is 2.30. The molecule has 3 aromatic rings. The van der Waals surface area contributed by atoms with E-state index in [1.165, 1.54) is 12.3 Å². The summed E-state index contributed by atoms with van der Waals surface area (Å²) < 4.78 is 27.0. The van der Waals surface area contributed by atoms with E-state index in [0.717, 1.165) is 29.6 Å². The molecule has 7 heteroatoms. The van der Waals surface area contributed by atoms with Crippen molar-refractivity contribution >= 4 is 11.6 Å². The highest BCUT2D eigenvalue weighted by atomic mass is 19.3. The van der Waals surface area contributed by atoms with Crippen LogP contribution in [-0.2, 0) is 12.3 Å². The lowest BCUT2D eigenvalue weighted by Crippen LogP contribution is -2.07. The molecule has 0 aliphatic heterocycles. The topological polar surface area (TPSA) is 76.7 Å². The zero-order valence-electron chi connectivity index (χ0n) is 15.3. The Balaban J connectivity index is 1.74. The number of hydrogen-bond acceptors (Lipinski definition) is 5. The van der Waals surface area contributed by atoms with Gasteiger partial charge in [0.15, 0.2) is 0 Å². The van der Waals surface area contributed by atoms with Crippen molar-refractivity contribution in [2.45, 2.75) is 19.3 Å². The van der Waals surface area contributed by atoms with Gasteiger partial charge in [-0.3, -0.25) is 4.98 Å². The molecule has 0 spiro atoms. The van der Waals surface area contributed by atoms with E-state index in [-0.39, 0.29) is 11.5 Å². The van der Waals surface area contributed by atoms with E-state index in [4.69, 9.17) is 5.73 Å². The van der Waals surface area contributed by atoms with Gasteiger partial charge in [-0.1, -0.05) is 18.7 Å². The summed E-state index contributed by atoms with van der Waals surface area (Å²) >= 11 is 0. The van der Waals surface area contributed by atoms with Crippen LogP contribution in [0.5, 0.6) is 0 Å². The predicted molar refractivity (Wildman–Crippen MR) is 106 cm³/mol. The van der Waals surface area contributed by atoms with Crippen molar-refractivity contribution in [1.82, 2.24) is 15.0 Å². The summed E-state index contributed by atoms with van der Waals surface area (Å²) in [5.74, 6) is -2.72. The second-order valence-corrected chi connectivity index (χ2v) is 6.29. The summed E-state index contributed by atoms with van der Waals surface area (Å²) in [5.41, 5.74) is 12.0. The fraction of sp³-hybridized carbons (Fsp3) is 0.143. The summed E-state index contributed by atoms with van der Waals surface area (Å²) in [4.78, 5) is 11.9. The highest BCUT2D eigenvalue weighted by Gasteiger charge is 2.24. The van der Waals surface area contributed by atoms with Gasteiger partial charge in [0.25, 0.3) is 5.92 Å². The summed E-state index contributed by atoms with van der Waals surface area (Å²) in [6, 6.07) is 10.6. The van der Waals surface area contributed by atoms with E-state index in [9.17, 15) is 8.78 Å². The standard InChI is InChI=1S/C21H19F2N5/c1-3-17(11-19-8-9-26-20(24)28-19)27-18-6-4-14(5-7-18)15-10-16(13-25-12-15)21(2,22)23/h4-10,12-13,27H,1,11H2,2H3,(H2,24,26,28). The summed E-state index contributed by atoms with van der Waals surface area (Å²) in [7, 11) is 0. The van der Waals surface area contributed by atoms with Gasteiger partial charge >= 0.3 is 0 Å². The molecule has 0 unspecified atom stereocenters. The molecule has 3 N–H and O–H groups in total. The maximum atomic E-state index is 13.5. The van der Waals surface area contributed by atoms with Gasteiger partial charge in [-0.2, -0.15) is 0 Å². The number of halogens is 2. The van der Waals surface area contributed by atoms with E-state index in [2.05, 4.69) is 32.6 Å². The van der Waals surface area contributed by atoms with Crippen LogP contribution in [0.15, 0.2) is 73.0 Å². The van der Waals surface area contributed by atoms with Crippen LogP contribution in [0.2, 0.25) is 0 Å². The Bertz CT molecular complexity index is 1020. The number of nitrogens with one attached hydrogen (secondary N) is 1. The first-order valence-electron chi connectivity index (χ1n) is 8.52. The number of rotatable bonds is 6. The quantitative estimate of drug-likeness (QED) is 0.614. The Morgan fingerprint density at radius 1 is 1.18 bits per heavy atom. The fourth-order valence-corrected chi connectivity index (χ4v) is 2.60. The Hall–Kier alpha value is -3.57. The van der Waals surface area contributed by atoms with E-state index in [0.29, 0.717) is 12.0 Å². The van der Waals surface area contributed by atoms with E-state index >= 15 is 0 Å². The van der Waals surface area contributed by atoms with Crippen molar-refractivity contribution in [3.05, 3.63) is 84.3 Å². The molecular weight excluding hydrogens is 360 g/mol. The second kappa shape index (κ2) is 7.98. The van der Waals surface area contributed by atoms with Gasteiger partial charge in [-0.05, 0) is 29.8 Å². The zero-order valence-corrected chi connectivity index (χ0v) is 15.3. The van der Waals surface area contributed by atoms with Gasteiger partial charge in [0.05, 0.1) is 11.4 Å². The lowest BCUT2D eigenvalue weighted by atomic mass is 10.0. The average Bonchev–Trinajstić information content (AvgIpc) is 2.67. The van der Waals surface area contributed by atoms with Crippen molar-refractivity contribution in [3.8, 4) is 11.1 Å². The largest absolute Gasteiger partial charge is 0.368 e. The minimum Gasteiger partial charge on any atom is -0.368 e. The molecule has 0 bridgehead atoms. The number of hydrogen-bond donors (Lipinski definition) is 2. The van der Waals surface area contributed by atoms with Gasteiger partial charge in [-0.15, -0.1) is 5.73 Å². The van der Waals surface area contributed by atoms with Crippen molar-refractivity contribution < 1.29 is 8.78 Å². The summed E-state index contributed by atoms with van der Waals surface area (Å²) in [6.45, 7) is 4.55. The average molecular weight is 379 g/mol. The first-order chi connectivity index (χ1) is 13.3. The Kier molecular flexibility index (Phi) is 5.47. The van der Waals surface area contributed by atoms with Crippen LogP contribution in [-0.4, -0.2) is 15.0 Å². The number of benzene rings is 1. The molecule has 28 heavy (non-hydrogen) atoms. The predicted octanol–water partition coefficient (Wildman–Crippen LogP) is 4.56. The van der Waals surface area contributed by atoms with Gasteiger partial charge < -0.3 is 11.1 Å². The van der Waals surface area contributed by atoms with Crippen molar-refractivity contribution in [2.75, 3.05) is 11.1 Å². The fourth-order valence-electron chi connectivity index (χ4n) is 2.60. The van der Waals surface area contributed by atoms with Crippen LogP contribution in [0.4, 0.5) is 20.4 Å². The molecule has 0 aliphatic rings. The molecule has 0 radical (unpaired) electrons. The third kappa shape index (κ3) is 4.78. The molecule has 0 atom stereocenters. The summed E-state index contributed by atoms with van der Waals surface area (Å²) in [6.07, 6.45) is 4.80. The number of nitrogens with two attached hydrogens (primary N) is 1. The Labute approximate surface area is 161 Å². The SMILES string of the molecule is C=C=C(Cc1ccnc(N)n1)Nc1ccc(-c2cncc(C(C)(F)F)c2)cc1. The normalized spacial score (nSPS) is 11.0. The van der Waals surface area contributed by atoms with Crippen LogP contribution in [0.3, 0.4) is 0 Å². The van der Waals surface area contributed by atoms with Gasteiger partial charge in [0.2, 0.25) is 5.95 Å². The maximum Gasteiger partial charge on any atom is 0.272 e. The molecule has 0 saturated heterocycles. The number of allylic oxidation sites excluding steroid dienone is 1. The van der Waals surface area contributed by atoms with E-state index < -0.39 is 5.92 Å². The zero-order chi connectivity index (χ0) is 20.1. The number of alkyl halides is 2. The van der Waals surface area contributed by atoms with E-state index in [1.807, 2.05) is 24.3 Å². The molecule has 0 fully saturated rings. The first kappa shape index (κ1) is 19.2. The Morgan fingerprint density at radius 2 is 1.93 bits per heavy atom. The smallest absolute Gasteiger partial charge is 0.272 e. The maximum absolute atomic E-state index is 13.5. The number of aromatic nitrogens is 3. The van der Waals surface area contributed by atoms with Gasteiger partial charge in [-0.25, -0.2) is 18.7 Å².